The minimum absolute atomic E-state index is 0.0989. The molecular weight excluding hydrogens is 296 g/mol. The van der Waals surface area contributed by atoms with Gasteiger partial charge in [0.2, 0.25) is 5.91 Å². The summed E-state index contributed by atoms with van der Waals surface area (Å²) >= 11 is 0. The second kappa shape index (κ2) is 5.09. The Labute approximate surface area is 134 Å². The maximum atomic E-state index is 12.3. The fraction of sp³-hybridized carbons (Fsp3) is 0.647. The van der Waals surface area contributed by atoms with Crippen molar-refractivity contribution in [2.45, 2.75) is 50.5 Å². The molecule has 124 valence electrons. The number of carbonyl (C=O) groups excluding carboxylic acids is 2. The van der Waals surface area contributed by atoms with Crippen molar-refractivity contribution in [2.24, 2.45) is 17.3 Å². The van der Waals surface area contributed by atoms with E-state index in [-0.39, 0.29) is 17.1 Å². The van der Waals surface area contributed by atoms with Gasteiger partial charge in [-0.15, -0.1) is 0 Å². The van der Waals surface area contributed by atoms with Crippen LogP contribution in [-0.2, 0) is 4.79 Å². The van der Waals surface area contributed by atoms with Crippen LogP contribution in [0.25, 0.3) is 0 Å². The SMILES string of the molecule is O=C(CC12C[C@@H]3C[C@@H](CC(O)(C3)C1)C2)NNC(=O)c1ccco1. The zero-order chi connectivity index (χ0) is 16.1. The zero-order valence-corrected chi connectivity index (χ0v) is 13.0. The predicted molar refractivity (Wildman–Crippen MR) is 81.0 cm³/mol. The average molecular weight is 318 g/mol. The summed E-state index contributed by atoms with van der Waals surface area (Å²) in [4.78, 5) is 24.0. The van der Waals surface area contributed by atoms with Gasteiger partial charge in [-0.2, -0.15) is 0 Å². The molecular formula is C17H22N2O4. The lowest BCUT2D eigenvalue weighted by Gasteiger charge is -2.60. The number of hydrogen-bond acceptors (Lipinski definition) is 4. The summed E-state index contributed by atoms with van der Waals surface area (Å²) in [5, 5.41) is 10.7. The summed E-state index contributed by atoms with van der Waals surface area (Å²) < 4.78 is 4.98. The first-order chi connectivity index (χ1) is 11.0. The van der Waals surface area contributed by atoms with Crippen LogP contribution in [0.3, 0.4) is 0 Å². The van der Waals surface area contributed by atoms with Crippen LogP contribution in [0.2, 0.25) is 0 Å². The third kappa shape index (κ3) is 2.76. The summed E-state index contributed by atoms with van der Waals surface area (Å²) in [6.45, 7) is 0. The van der Waals surface area contributed by atoms with Gasteiger partial charge in [-0.25, -0.2) is 0 Å². The normalized spacial score (nSPS) is 37.6. The van der Waals surface area contributed by atoms with Crippen LogP contribution in [-0.4, -0.2) is 22.5 Å². The van der Waals surface area contributed by atoms with Gasteiger partial charge in [-0.1, -0.05) is 0 Å². The molecule has 1 aromatic heterocycles. The van der Waals surface area contributed by atoms with E-state index in [4.69, 9.17) is 4.42 Å². The summed E-state index contributed by atoms with van der Waals surface area (Å²) in [5.41, 5.74) is 4.19. The molecule has 3 N–H and O–H groups in total. The Morgan fingerprint density at radius 3 is 2.57 bits per heavy atom. The first-order valence-electron chi connectivity index (χ1n) is 8.30. The summed E-state index contributed by atoms with van der Waals surface area (Å²) in [7, 11) is 0. The molecule has 0 aromatic carbocycles. The van der Waals surface area contributed by atoms with Gasteiger partial charge in [0.05, 0.1) is 11.9 Å². The summed E-state index contributed by atoms with van der Waals surface area (Å²) in [5.74, 6) is 0.593. The molecule has 4 aliphatic rings. The fourth-order valence-electron chi connectivity index (χ4n) is 5.59. The first kappa shape index (κ1) is 14.8. The largest absolute Gasteiger partial charge is 0.459 e. The standard InChI is InChI=1S/C17H22N2O4/c20-14(18-19-15(21)13-2-1-3-23-13)9-16-5-11-4-12(6-16)8-17(22,7-11)10-16/h1-3,11-12,22H,4-10H2,(H,18,20)(H,19,21)/t11-,12+,16?,17?. The third-order valence-electron chi connectivity index (χ3n) is 5.75. The highest BCUT2D eigenvalue weighted by Gasteiger charge is 2.57. The number of hydrogen-bond donors (Lipinski definition) is 3. The molecule has 4 bridgehead atoms. The van der Waals surface area contributed by atoms with Gasteiger partial charge < -0.3 is 9.52 Å². The maximum absolute atomic E-state index is 12.3. The number of furan rings is 1. The first-order valence-corrected chi connectivity index (χ1v) is 8.30. The Balaban J connectivity index is 1.36. The van der Waals surface area contributed by atoms with E-state index in [1.807, 2.05) is 0 Å². The molecule has 6 heteroatoms. The number of carbonyl (C=O) groups is 2. The lowest BCUT2D eigenvalue weighted by atomic mass is 9.47. The van der Waals surface area contributed by atoms with Crippen molar-refractivity contribution in [2.75, 3.05) is 0 Å². The number of amides is 2. The molecule has 1 aromatic rings. The minimum atomic E-state index is -0.568. The van der Waals surface area contributed by atoms with Gasteiger partial charge in [0.25, 0.3) is 0 Å². The molecule has 2 unspecified atom stereocenters. The minimum Gasteiger partial charge on any atom is -0.459 e. The van der Waals surface area contributed by atoms with Gasteiger partial charge in [-0.05, 0) is 67.9 Å². The summed E-state index contributed by atoms with van der Waals surface area (Å²) in [6.07, 6.45) is 7.50. The van der Waals surface area contributed by atoms with Crippen molar-refractivity contribution in [1.29, 1.82) is 0 Å². The van der Waals surface area contributed by atoms with E-state index in [9.17, 15) is 14.7 Å². The second-order valence-corrected chi connectivity index (χ2v) is 7.84. The Morgan fingerprint density at radius 2 is 1.96 bits per heavy atom. The van der Waals surface area contributed by atoms with E-state index >= 15 is 0 Å². The van der Waals surface area contributed by atoms with Gasteiger partial charge in [0.15, 0.2) is 5.76 Å². The van der Waals surface area contributed by atoms with E-state index in [1.54, 1.807) is 6.07 Å². The van der Waals surface area contributed by atoms with Gasteiger partial charge in [0, 0.05) is 6.42 Å². The molecule has 4 atom stereocenters. The molecule has 23 heavy (non-hydrogen) atoms. The monoisotopic (exact) mass is 318 g/mol. The molecule has 4 aliphatic carbocycles. The van der Waals surface area contributed by atoms with Crippen molar-refractivity contribution < 1.29 is 19.1 Å². The lowest BCUT2D eigenvalue weighted by molar-refractivity contribution is -0.169. The molecule has 0 radical (unpaired) electrons. The molecule has 0 saturated heterocycles. The Bertz CT molecular complexity index is 611. The number of aliphatic hydroxyl groups is 1. The summed E-state index contributed by atoms with van der Waals surface area (Å²) in [6, 6.07) is 3.16. The van der Waals surface area contributed by atoms with Gasteiger partial charge >= 0.3 is 5.91 Å². The van der Waals surface area contributed by atoms with Crippen LogP contribution in [0.5, 0.6) is 0 Å². The Kier molecular flexibility index (Phi) is 3.27. The van der Waals surface area contributed by atoms with Crippen molar-refractivity contribution in [3.8, 4) is 0 Å². The quantitative estimate of drug-likeness (QED) is 0.741. The highest BCUT2D eigenvalue weighted by Crippen LogP contribution is 2.62. The third-order valence-corrected chi connectivity index (χ3v) is 5.75. The van der Waals surface area contributed by atoms with Crippen LogP contribution in [0, 0.1) is 17.3 Å². The number of nitrogens with one attached hydrogen (secondary N) is 2. The Hall–Kier alpha value is -1.82. The number of rotatable bonds is 3. The van der Waals surface area contributed by atoms with Crippen molar-refractivity contribution in [3.05, 3.63) is 24.2 Å². The highest BCUT2D eigenvalue weighted by atomic mass is 16.3. The molecule has 4 saturated carbocycles. The zero-order valence-electron chi connectivity index (χ0n) is 13.0. The smallest absolute Gasteiger partial charge is 0.305 e. The number of hydrazine groups is 1. The van der Waals surface area contributed by atoms with E-state index in [1.165, 1.54) is 18.8 Å². The maximum Gasteiger partial charge on any atom is 0.305 e. The molecule has 1 heterocycles. The molecule has 2 amide bonds. The van der Waals surface area contributed by atoms with Crippen LogP contribution in [0.1, 0.15) is 55.5 Å². The average Bonchev–Trinajstić information content (AvgIpc) is 2.95. The van der Waals surface area contributed by atoms with E-state index in [0.717, 1.165) is 25.7 Å². The van der Waals surface area contributed by atoms with Gasteiger partial charge in [0.1, 0.15) is 0 Å². The van der Waals surface area contributed by atoms with Crippen LogP contribution in [0.15, 0.2) is 22.8 Å². The topological polar surface area (TPSA) is 91.6 Å². The Morgan fingerprint density at radius 1 is 1.22 bits per heavy atom. The van der Waals surface area contributed by atoms with Crippen LogP contribution in [0.4, 0.5) is 0 Å². The van der Waals surface area contributed by atoms with Crippen molar-refractivity contribution in [3.63, 3.8) is 0 Å². The van der Waals surface area contributed by atoms with Crippen molar-refractivity contribution in [1.82, 2.24) is 10.9 Å². The second-order valence-electron chi connectivity index (χ2n) is 7.84. The molecule has 6 nitrogen and oxygen atoms in total. The predicted octanol–water partition coefficient (Wildman–Crippen LogP) is 1.76. The van der Waals surface area contributed by atoms with E-state index < -0.39 is 11.5 Å². The molecule has 0 aliphatic heterocycles. The van der Waals surface area contributed by atoms with Gasteiger partial charge in [-0.3, -0.25) is 20.4 Å². The van der Waals surface area contributed by atoms with Crippen molar-refractivity contribution >= 4 is 11.8 Å². The van der Waals surface area contributed by atoms with E-state index in [2.05, 4.69) is 10.9 Å². The molecule has 0 spiro atoms. The highest BCUT2D eigenvalue weighted by molar-refractivity contribution is 5.92. The lowest BCUT2D eigenvalue weighted by Crippen LogP contribution is -2.57. The van der Waals surface area contributed by atoms with E-state index in [0.29, 0.717) is 24.7 Å². The fourth-order valence-corrected chi connectivity index (χ4v) is 5.59. The van der Waals surface area contributed by atoms with Crippen LogP contribution < -0.4 is 10.9 Å². The molecule has 5 rings (SSSR count). The molecule has 4 fully saturated rings. The van der Waals surface area contributed by atoms with Crippen LogP contribution >= 0.6 is 0 Å².